The zero-order valence-electron chi connectivity index (χ0n) is 17.3. The van der Waals surface area contributed by atoms with E-state index in [4.69, 9.17) is 5.73 Å². The molecule has 3 aromatic rings. The lowest BCUT2D eigenvalue weighted by Gasteiger charge is -2.23. The predicted molar refractivity (Wildman–Crippen MR) is 118 cm³/mol. The summed E-state index contributed by atoms with van der Waals surface area (Å²) in [5.74, 6) is -2.08. The summed E-state index contributed by atoms with van der Waals surface area (Å²) in [7, 11) is 0. The van der Waals surface area contributed by atoms with Crippen LogP contribution < -0.4 is 16.4 Å². The van der Waals surface area contributed by atoms with Crippen LogP contribution in [0.1, 0.15) is 29.0 Å². The molecule has 32 heavy (non-hydrogen) atoms. The summed E-state index contributed by atoms with van der Waals surface area (Å²) in [6, 6.07) is 3.54. The summed E-state index contributed by atoms with van der Waals surface area (Å²) < 4.78 is 28.2. The fraction of sp³-hybridized carbons (Fsp3) is 0.381. The molecule has 1 amide bonds. The van der Waals surface area contributed by atoms with E-state index >= 15 is 0 Å². The Morgan fingerprint density at radius 1 is 1.31 bits per heavy atom. The molecule has 5 N–H and O–H groups in total. The van der Waals surface area contributed by atoms with Gasteiger partial charge in [0.25, 0.3) is 5.91 Å². The molecule has 0 radical (unpaired) electrons. The van der Waals surface area contributed by atoms with E-state index < -0.39 is 17.5 Å². The van der Waals surface area contributed by atoms with Crippen molar-refractivity contribution in [3.63, 3.8) is 0 Å². The van der Waals surface area contributed by atoms with Crippen molar-refractivity contribution in [1.29, 1.82) is 0 Å². The predicted octanol–water partition coefficient (Wildman–Crippen LogP) is 2.83. The molecule has 2 aliphatic rings. The molecule has 0 bridgehead atoms. The van der Waals surface area contributed by atoms with E-state index in [-0.39, 0.29) is 21.3 Å². The van der Waals surface area contributed by atoms with Crippen molar-refractivity contribution in [2.75, 3.05) is 37.2 Å². The maximum Gasteiger partial charge on any atom is 0.277 e. The Morgan fingerprint density at radius 2 is 2.09 bits per heavy atom. The highest BCUT2D eigenvalue weighted by atomic mass is 32.1. The first-order valence-corrected chi connectivity index (χ1v) is 11.2. The van der Waals surface area contributed by atoms with Gasteiger partial charge in [0.05, 0.1) is 23.1 Å². The first-order valence-electron chi connectivity index (χ1n) is 10.4. The van der Waals surface area contributed by atoms with Crippen molar-refractivity contribution in [1.82, 2.24) is 25.4 Å². The minimum Gasteiger partial charge on any atom is -0.389 e. The van der Waals surface area contributed by atoms with Crippen molar-refractivity contribution < 1.29 is 13.6 Å². The van der Waals surface area contributed by atoms with Gasteiger partial charge in [-0.2, -0.15) is 5.10 Å². The van der Waals surface area contributed by atoms with E-state index in [2.05, 4.69) is 30.7 Å². The number of nitrogen functional groups attached to an aromatic ring is 1. The van der Waals surface area contributed by atoms with E-state index in [1.807, 2.05) is 0 Å². The number of benzene rings is 1. The number of hydrogen-bond acceptors (Lipinski definition) is 7. The molecule has 2 fully saturated rings. The van der Waals surface area contributed by atoms with Gasteiger partial charge in [-0.05, 0) is 30.4 Å². The van der Waals surface area contributed by atoms with Gasteiger partial charge in [-0.1, -0.05) is 17.4 Å². The number of nitrogens with two attached hydrogens (primary N) is 1. The smallest absolute Gasteiger partial charge is 0.277 e. The molecule has 1 saturated heterocycles. The molecule has 2 aromatic heterocycles. The summed E-state index contributed by atoms with van der Waals surface area (Å²) in [5.41, 5.74) is 7.27. The number of nitrogens with one attached hydrogen (secondary N) is 3. The Labute approximate surface area is 187 Å². The van der Waals surface area contributed by atoms with Crippen molar-refractivity contribution in [3.05, 3.63) is 47.4 Å². The average molecular weight is 460 g/mol. The molecular formula is C21H23F2N7OS. The Kier molecular flexibility index (Phi) is 5.39. The van der Waals surface area contributed by atoms with Crippen molar-refractivity contribution in [2.45, 2.75) is 19.4 Å². The van der Waals surface area contributed by atoms with E-state index in [1.165, 1.54) is 25.1 Å². The Hall–Kier alpha value is -2.89. The molecule has 1 saturated carbocycles. The number of thiazole rings is 1. The van der Waals surface area contributed by atoms with Crippen molar-refractivity contribution in [2.24, 2.45) is 5.41 Å². The second kappa shape index (κ2) is 8.23. The number of nitrogens with zero attached hydrogens (tertiary/aromatic N) is 3. The van der Waals surface area contributed by atoms with Gasteiger partial charge in [-0.25, -0.2) is 13.8 Å². The van der Waals surface area contributed by atoms with Crippen molar-refractivity contribution >= 4 is 27.9 Å². The number of aromatic amines is 1. The van der Waals surface area contributed by atoms with Gasteiger partial charge in [0.1, 0.15) is 21.6 Å². The highest BCUT2D eigenvalue weighted by Gasteiger charge is 2.44. The van der Waals surface area contributed by atoms with Crippen LogP contribution in [-0.2, 0) is 6.54 Å². The number of rotatable bonds is 5. The molecule has 1 aliphatic heterocycles. The van der Waals surface area contributed by atoms with Crippen LogP contribution in [-0.4, -0.2) is 52.2 Å². The zero-order valence-corrected chi connectivity index (χ0v) is 18.1. The number of amides is 1. The maximum atomic E-state index is 14.1. The Balaban J connectivity index is 1.32. The summed E-state index contributed by atoms with van der Waals surface area (Å²) in [5, 5.41) is 13.4. The number of carbonyl (C=O) groups excluding carboxylic acids is 1. The third-order valence-electron chi connectivity index (χ3n) is 6.01. The summed E-state index contributed by atoms with van der Waals surface area (Å²) in [6.07, 6.45) is 4.00. The monoisotopic (exact) mass is 459 g/mol. The van der Waals surface area contributed by atoms with Crippen LogP contribution in [0, 0.1) is 17.0 Å². The van der Waals surface area contributed by atoms with Gasteiger partial charge >= 0.3 is 0 Å². The third kappa shape index (κ3) is 4.10. The molecule has 1 aromatic carbocycles. The molecule has 8 nitrogen and oxygen atoms in total. The lowest BCUT2D eigenvalue weighted by Crippen LogP contribution is -2.31. The molecule has 1 spiro atoms. The molecule has 3 heterocycles. The van der Waals surface area contributed by atoms with E-state index in [1.54, 1.807) is 0 Å². The molecule has 11 heteroatoms. The second-order valence-corrected chi connectivity index (χ2v) is 9.46. The fourth-order valence-corrected chi connectivity index (χ4v) is 4.97. The maximum absolute atomic E-state index is 14.1. The molecule has 168 valence electrons. The van der Waals surface area contributed by atoms with Crippen LogP contribution in [0.3, 0.4) is 0 Å². The van der Waals surface area contributed by atoms with Crippen LogP contribution in [0.2, 0.25) is 0 Å². The number of halogens is 2. The SMILES string of the molecule is Nc1sc(-c2c(F)cccc2F)nc1C(=O)Nc1cn[nH]c1CN1CCNCC2(CC2)C1. The number of aromatic nitrogens is 3. The molecule has 0 atom stereocenters. The summed E-state index contributed by atoms with van der Waals surface area (Å²) in [4.78, 5) is 19.3. The molecule has 0 unspecified atom stereocenters. The molecular weight excluding hydrogens is 436 g/mol. The average Bonchev–Trinajstić information content (AvgIpc) is 3.29. The zero-order chi connectivity index (χ0) is 22.3. The van der Waals surface area contributed by atoms with Crippen LogP contribution >= 0.6 is 11.3 Å². The van der Waals surface area contributed by atoms with Gasteiger partial charge in [-0.15, -0.1) is 0 Å². The number of H-pyrrole nitrogens is 1. The topological polar surface area (TPSA) is 112 Å². The van der Waals surface area contributed by atoms with Gasteiger partial charge < -0.3 is 16.4 Å². The quantitative estimate of drug-likeness (QED) is 0.467. The van der Waals surface area contributed by atoms with Gasteiger partial charge in [0.2, 0.25) is 0 Å². The number of carbonyl (C=O) groups is 1. The Bertz CT molecular complexity index is 1140. The third-order valence-corrected chi connectivity index (χ3v) is 6.92. The summed E-state index contributed by atoms with van der Waals surface area (Å²) >= 11 is 0.866. The minimum atomic E-state index is -0.761. The molecule has 5 rings (SSSR count). The second-order valence-electron chi connectivity index (χ2n) is 8.43. The van der Waals surface area contributed by atoms with Gasteiger partial charge in [-0.3, -0.25) is 14.8 Å². The van der Waals surface area contributed by atoms with E-state index in [0.717, 1.165) is 55.3 Å². The van der Waals surface area contributed by atoms with Crippen molar-refractivity contribution in [3.8, 4) is 10.6 Å². The highest BCUT2D eigenvalue weighted by molar-refractivity contribution is 7.19. The fourth-order valence-electron chi connectivity index (χ4n) is 4.10. The highest BCUT2D eigenvalue weighted by Crippen LogP contribution is 2.46. The standard InChI is InChI=1S/C21H23F2N7OS/c22-12-2-1-3-13(23)16(12)20-28-17(18(24)32-20)19(31)27-14-8-26-29-15(14)9-30-7-6-25-10-21(11-30)4-5-21/h1-3,8,25H,4-7,9-11,24H2,(H,26,29)(H,27,31). The summed E-state index contributed by atoms with van der Waals surface area (Å²) in [6.45, 7) is 4.50. The largest absolute Gasteiger partial charge is 0.389 e. The normalized spacial score (nSPS) is 17.9. The lowest BCUT2D eigenvalue weighted by molar-refractivity contribution is 0.102. The first-order chi connectivity index (χ1) is 15.4. The van der Waals surface area contributed by atoms with E-state index in [9.17, 15) is 13.6 Å². The number of anilines is 2. The minimum absolute atomic E-state index is 0.0162. The Morgan fingerprint density at radius 3 is 2.84 bits per heavy atom. The van der Waals surface area contributed by atoms with Crippen LogP contribution in [0.25, 0.3) is 10.6 Å². The number of hydrogen-bond donors (Lipinski definition) is 4. The molecule has 1 aliphatic carbocycles. The van der Waals surface area contributed by atoms with Gasteiger partial charge in [0.15, 0.2) is 5.69 Å². The van der Waals surface area contributed by atoms with Crippen LogP contribution in [0.5, 0.6) is 0 Å². The van der Waals surface area contributed by atoms with Crippen LogP contribution in [0.15, 0.2) is 24.4 Å². The van der Waals surface area contributed by atoms with E-state index in [0.29, 0.717) is 17.6 Å². The van der Waals surface area contributed by atoms with Crippen LogP contribution in [0.4, 0.5) is 19.5 Å². The van der Waals surface area contributed by atoms with Gasteiger partial charge in [0, 0.05) is 32.7 Å². The first kappa shape index (κ1) is 21.0. The lowest BCUT2D eigenvalue weighted by atomic mass is 10.1.